The van der Waals surface area contributed by atoms with Gasteiger partial charge in [0.05, 0.1) is 26.4 Å². The number of unbranched alkanes of at least 4 members (excludes halogenated alkanes) is 47. The zero-order valence-corrected chi connectivity index (χ0v) is 63.6. The molecule has 0 amide bonds. The molecule has 95 heavy (non-hydrogen) atoms. The Bertz CT molecular complexity index is 1820. The molecule has 564 valence electrons. The van der Waals surface area contributed by atoms with E-state index in [1.54, 1.807) is 0 Å². The van der Waals surface area contributed by atoms with E-state index in [9.17, 15) is 43.2 Å². The number of carbonyl (C=O) groups is 4. The molecule has 0 aliphatic rings. The highest BCUT2D eigenvalue weighted by atomic mass is 31.2. The number of hydrogen-bond donors (Lipinski definition) is 3. The number of phosphoric ester groups is 2. The van der Waals surface area contributed by atoms with E-state index in [1.165, 1.54) is 212 Å². The molecule has 0 radical (unpaired) electrons. The van der Waals surface area contributed by atoms with Crippen molar-refractivity contribution in [1.82, 2.24) is 0 Å². The summed E-state index contributed by atoms with van der Waals surface area (Å²) < 4.78 is 68.3. The van der Waals surface area contributed by atoms with Crippen LogP contribution in [0.2, 0.25) is 0 Å². The largest absolute Gasteiger partial charge is 0.472 e. The quantitative estimate of drug-likeness (QED) is 0.0222. The first-order valence-electron chi connectivity index (χ1n) is 39.7. The van der Waals surface area contributed by atoms with Crippen LogP contribution in [0.5, 0.6) is 0 Å². The minimum atomic E-state index is -4.96. The molecule has 3 unspecified atom stereocenters. The maximum atomic E-state index is 13.1. The van der Waals surface area contributed by atoms with E-state index in [0.717, 1.165) is 109 Å². The Balaban J connectivity index is 5.14. The van der Waals surface area contributed by atoms with E-state index in [1.807, 2.05) is 0 Å². The summed E-state index contributed by atoms with van der Waals surface area (Å²) in [6, 6.07) is 0. The molecule has 0 fully saturated rings. The zero-order valence-electron chi connectivity index (χ0n) is 61.8. The average Bonchev–Trinajstić information content (AvgIpc) is 1.80. The summed E-state index contributed by atoms with van der Waals surface area (Å²) >= 11 is 0. The second kappa shape index (κ2) is 69.2. The third-order valence-corrected chi connectivity index (χ3v) is 20.0. The number of aliphatic hydroxyl groups is 1. The molecular weight excluding hydrogens is 1250 g/mol. The van der Waals surface area contributed by atoms with Crippen molar-refractivity contribution in [2.75, 3.05) is 39.6 Å². The second-order valence-electron chi connectivity index (χ2n) is 27.6. The van der Waals surface area contributed by atoms with Crippen LogP contribution in [0, 0.1) is 5.92 Å². The molecule has 0 bridgehead atoms. The molecule has 0 aromatic carbocycles. The number of rotatable bonds is 76. The molecule has 6 atom stereocenters. The molecular formula is C76H148O17P2. The highest BCUT2D eigenvalue weighted by Gasteiger charge is 2.30. The van der Waals surface area contributed by atoms with Gasteiger partial charge in [-0.2, -0.15) is 0 Å². The van der Waals surface area contributed by atoms with Crippen molar-refractivity contribution < 1.29 is 80.2 Å². The summed E-state index contributed by atoms with van der Waals surface area (Å²) in [6.45, 7) is 7.31. The minimum absolute atomic E-state index is 0.106. The topological polar surface area (TPSA) is 237 Å². The minimum Gasteiger partial charge on any atom is -0.462 e. The number of phosphoric acid groups is 2. The number of esters is 4. The van der Waals surface area contributed by atoms with Gasteiger partial charge < -0.3 is 33.8 Å². The van der Waals surface area contributed by atoms with Crippen LogP contribution >= 0.6 is 15.6 Å². The van der Waals surface area contributed by atoms with Gasteiger partial charge >= 0.3 is 39.5 Å². The van der Waals surface area contributed by atoms with Crippen molar-refractivity contribution in [2.24, 2.45) is 5.92 Å². The van der Waals surface area contributed by atoms with Crippen molar-refractivity contribution >= 4 is 39.5 Å². The van der Waals surface area contributed by atoms with Gasteiger partial charge in [0.25, 0.3) is 0 Å². The highest BCUT2D eigenvalue weighted by Crippen LogP contribution is 2.45. The van der Waals surface area contributed by atoms with Gasteiger partial charge in [-0.25, -0.2) is 9.13 Å². The summed E-state index contributed by atoms with van der Waals surface area (Å²) in [7, 11) is -9.90. The summed E-state index contributed by atoms with van der Waals surface area (Å²) in [5.74, 6) is -1.25. The Kier molecular flexibility index (Phi) is 67.7. The highest BCUT2D eigenvalue weighted by molar-refractivity contribution is 7.47. The Morgan fingerprint density at radius 3 is 0.747 bits per heavy atom. The molecule has 0 aliphatic heterocycles. The van der Waals surface area contributed by atoms with Crippen LogP contribution in [0.15, 0.2) is 0 Å². The smallest absolute Gasteiger partial charge is 0.462 e. The van der Waals surface area contributed by atoms with E-state index in [4.69, 9.17) is 37.0 Å². The fourth-order valence-electron chi connectivity index (χ4n) is 11.7. The third-order valence-electron chi connectivity index (χ3n) is 18.1. The first-order chi connectivity index (χ1) is 46.1. The van der Waals surface area contributed by atoms with Crippen molar-refractivity contribution in [3.8, 4) is 0 Å². The van der Waals surface area contributed by atoms with Crippen molar-refractivity contribution in [2.45, 2.75) is 419 Å². The van der Waals surface area contributed by atoms with E-state index >= 15 is 0 Å². The number of hydrogen-bond acceptors (Lipinski definition) is 15. The lowest BCUT2D eigenvalue weighted by Crippen LogP contribution is -2.30. The summed E-state index contributed by atoms with van der Waals surface area (Å²) in [6.07, 6.45) is 58.4. The summed E-state index contributed by atoms with van der Waals surface area (Å²) in [5, 5.41) is 10.6. The lowest BCUT2D eigenvalue weighted by Gasteiger charge is -2.21. The van der Waals surface area contributed by atoms with Gasteiger partial charge in [-0.05, 0) is 31.6 Å². The predicted molar refractivity (Wildman–Crippen MR) is 386 cm³/mol. The summed E-state index contributed by atoms with van der Waals surface area (Å²) in [5.41, 5.74) is 0. The standard InChI is InChI=1S/C76H148O17P2/c1-6-10-13-16-19-21-23-24-25-31-34-37-41-45-50-55-60-74(79)87-66-72(93-76(81)62-57-52-47-42-38-35-32-29-27-26-28-30-33-36-39-44-48-53-58-69(5)9-4)68-91-95(84,85)89-64-70(77)63-88-94(82,83)90-67-71(65-86-73(78)59-54-49-43-18-15-12-8-3)92-75(80)61-56-51-46-40-22-20-17-14-11-7-2/h69-72,77H,6-68H2,1-5H3,(H,82,83)(H,84,85)/t69?,70-,71+,72+/m0/s1. The van der Waals surface area contributed by atoms with E-state index in [0.29, 0.717) is 25.7 Å². The number of ether oxygens (including phenoxy) is 4. The predicted octanol–water partition coefficient (Wildman–Crippen LogP) is 22.5. The molecule has 0 rings (SSSR count). The molecule has 0 aliphatic carbocycles. The van der Waals surface area contributed by atoms with Crippen LogP contribution in [-0.4, -0.2) is 96.7 Å². The first-order valence-corrected chi connectivity index (χ1v) is 42.7. The lowest BCUT2D eigenvalue weighted by atomic mass is 9.99. The Morgan fingerprint density at radius 1 is 0.295 bits per heavy atom. The zero-order chi connectivity index (χ0) is 69.8. The van der Waals surface area contributed by atoms with Gasteiger partial charge in [0.2, 0.25) is 0 Å². The maximum absolute atomic E-state index is 13.1. The summed E-state index contributed by atoms with van der Waals surface area (Å²) in [4.78, 5) is 72.6. The number of carbonyl (C=O) groups excluding carboxylic acids is 4. The molecule has 0 heterocycles. The van der Waals surface area contributed by atoms with Crippen LogP contribution in [-0.2, 0) is 65.4 Å². The molecule has 0 aromatic rings. The van der Waals surface area contributed by atoms with Gasteiger partial charge in [0.1, 0.15) is 19.3 Å². The fraction of sp³-hybridized carbons (Fsp3) is 0.947. The average molecular weight is 1400 g/mol. The first kappa shape index (κ1) is 93.1. The van der Waals surface area contributed by atoms with Gasteiger partial charge in [0, 0.05) is 25.7 Å². The van der Waals surface area contributed by atoms with E-state index < -0.39 is 97.5 Å². The monoisotopic (exact) mass is 1400 g/mol. The van der Waals surface area contributed by atoms with Crippen molar-refractivity contribution in [1.29, 1.82) is 0 Å². The molecule has 3 N–H and O–H groups in total. The van der Waals surface area contributed by atoms with Gasteiger partial charge in [-0.1, -0.05) is 349 Å². The molecule has 0 saturated carbocycles. The molecule has 0 spiro atoms. The lowest BCUT2D eigenvalue weighted by molar-refractivity contribution is -0.161. The van der Waals surface area contributed by atoms with E-state index in [-0.39, 0.29) is 25.7 Å². The fourth-order valence-corrected chi connectivity index (χ4v) is 13.3. The molecule has 0 saturated heterocycles. The van der Waals surface area contributed by atoms with Gasteiger partial charge in [0.15, 0.2) is 12.2 Å². The van der Waals surface area contributed by atoms with Crippen LogP contribution in [0.25, 0.3) is 0 Å². The van der Waals surface area contributed by atoms with Crippen molar-refractivity contribution in [3.63, 3.8) is 0 Å². The maximum Gasteiger partial charge on any atom is 0.472 e. The third kappa shape index (κ3) is 69.0. The number of aliphatic hydroxyl groups excluding tert-OH is 1. The van der Waals surface area contributed by atoms with Crippen LogP contribution in [0.4, 0.5) is 0 Å². The van der Waals surface area contributed by atoms with Crippen LogP contribution < -0.4 is 0 Å². The van der Waals surface area contributed by atoms with Crippen molar-refractivity contribution in [3.05, 3.63) is 0 Å². The second-order valence-corrected chi connectivity index (χ2v) is 30.5. The van der Waals surface area contributed by atoms with Gasteiger partial charge in [-0.3, -0.25) is 37.3 Å². The normalized spacial score (nSPS) is 14.2. The van der Waals surface area contributed by atoms with Gasteiger partial charge in [-0.15, -0.1) is 0 Å². The Hall–Kier alpha value is -1.94. The van der Waals surface area contributed by atoms with E-state index in [2.05, 4.69) is 34.6 Å². The Labute approximate surface area is 581 Å². The van der Waals surface area contributed by atoms with Crippen LogP contribution in [0.3, 0.4) is 0 Å². The molecule has 19 heteroatoms. The SMILES string of the molecule is CCCCCCCCCCCCCCCCCCC(=O)OC[C@H](COP(=O)(O)OC[C@@H](O)COP(=O)(O)OC[C@@H](COC(=O)CCCCCCCCC)OC(=O)CCCCCCCCCCCC)OC(=O)CCCCCCCCCCCCCCCCCCCCC(C)CC. The molecule has 0 aromatic heterocycles. The Morgan fingerprint density at radius 2 is 0.505 bits per heavy atom. The molecule has 17 nitrogen and oxygen atoms in total. The van der Waals surface area contributed by atoms with Crippen LogP contribution in [0.1, 0.15) is 401 Å².